The molecule has 0 aromatic heterocycles. The zero-order valence-electron chi connectivity index (χ0n) is 8.33. The van der Waals surface area contributed by atoms with Crippen molar-refractivity contribution in [1.82, 2.24) is 0 Å². The highest BCUT2D eigenvalue weighted by Crippen LogP contribution is 2.19. The average Bonchev–Trinajstić information content (AvgIpc) is 2.17. The largest absolute Gasteiger partial charge is 0.480 e. The first-order chi connectivity index (χ1) is 7.52. The lowest BCUT2D eigenvalue weighted by Gasteiger charge is -2.11. The van der Waals surface area contributed by atoms with Crippen LogP contribution < -0.4 is 5.73 Å². The molecule has 0 aliphatic heterocycles. The number of nitrogens with two attached hydrogens (primary N) is 1. The maximum atomic E-state index is 11.6. The summed E-state index contributed by atoms with van der Waals surface area (Å²) in [6.45, 7) is 0. The van der Waals surface area contributed by atoms with Crippen LogP contribution in [0.5, 0.6) is 0 Å². The maximum Gasteiger partial charge on any atom is 0.323 e. The molecule has 0 heterocycles. The lowest BCUT2D eigenvalue weighted by Crippen LogP contribution is -2.26. The molecule has 1 aromatic rings. The highest BCUT2D eigenvalue weighted by Gasteiger charge is 2.27. The van der Waals surface area contributed by atoms with Gasteiger partial charge in [-0.15, -0.1) is 0 Å². The van der Waals surface area contributed by atoms with Crippen LogP contribution in [-0.4, -0.2) is 26.9 Å². The molecular weight excluding hydrogens is 230 g/mol. The van der Waals surface area contributed by atoms with E-state index in [9.17, 15) is 13.8 Å². The lowest BCUT2D eigenvalue weighted by molar-refractivity contribution is -0.136. The molecule has 0 aliphatic rings. The van der Waals surface area contributed by atoms with Crippen LogP contribution in [0.25, 0.3) is 0 Å². The van der Waals surface area contributed by atoms with Gasteiger partial charge in [-0.2, -0.15) is 0 Å². The number of benzene rings is 1. The summed E-state index contributed by atoms with van der Waals surface area (Å²) in [7, 11) is -1.84. The molecular formula is C10H11NO4S. The van der Waals surface area contributed by atoms with Gasteiger partial charge in [0.25, 0.3) is 0 Å². The summed E-state index contributed by atoms with van der Waals surface area (Å²) in [5.41, 5.74) is 5.28. The summed E-state index contributed by atoms with van der Waals surface area (Å²) in [5.74, 6) is -2.46. The van der Waals surface area contributed by atoms with Crippen molar-refractivity contribution >= 4 is 22.7 Å². The van der Waals surface area contributed by atoms with Crippen molar-refractivity contribution in [2.24, 2.45) is 5.73 Å². The Labute approximate surface area is 94.7 Å². The van der Waals surface area contributed by atoms with Gasteiger partial charge in [0.05, 0.1) is 0 Å². The van der Waals surface area contributed by atoms with E-state index in [1.807, 2.05) is 0 Å². The Kier molecular flexibility index (Phi) is 4.19. The first-order valence-electron chi connectivity index (χ1n) is 4.45. The molecule has 5 nitrogen and oxygen atoms in total. The normalized spacial score (nSPS) is 14.0. The van der Waals surface area contributed by atoms with Crippen molar-refractivity contribution in [1.29, 1.82) is 0 Å². The Morgan fingerprint density at radius 1 is 1.31 bits per heavy atom. The summed E-state index contributed by atoms with van der Waals surface area (Å²) in [6.07, 6.45) is 0. The lowest BCUT2D eigenvalue weighted by atomic mass is 10.1. The van der Waals surface area contributed by atoms with Gasteiger partial charge in [-0.05, 0) is 5.56 Å². The third-order valence-corrected chi connectivity index (χ3v) is 3.44. The van der Waals surface area contributed by atoms with Crippen LogP contribution >= 0.6 is 0 Å². The Morgan fingerprint density at radius 3 is 2.31 bits per heavy atom. The molecule has 0 saturated carbocycles. The third-order valence-electron chi connectivity index (χ3n) is 1.87. The number of aliphatic carboxylic acids is 1. The number of carbonyl (C=O) groups is 2. The molecule has 1 amide bonds. The summed E-state index contributed by atoms with van der Waals surface area (Å²) in [4.78, 5) is 21.6. The van der Waals surface area contributed by atoms with Crippen LogP contribution in [0.1, 0.15) is 10.8 Å². The summed E-state index contributed by atoms with van der Waals surface area (Å²) >= 11 is 0. The Morgan fingerprint density at radius 2 is 1.88 bits per heavy atom. The monoisotopic (exact) mass is 241 g/mol. The van der Waals surface area contributed by atoms with Crippen molar-refractivity contribution in [3.8, 4) is 0 Å². The standard InChI is InChI=1S/C10H11NO4S/c11-8(12)6-16(15)9(10(13)14)7-4-2-1-3-5-7/h1-5,9H,6H2,(H2,11,12)(H,13,14). The third kappa shape index (κ3) is 3.16. The number of amides is 1. The topological polar surface area (TPSA) is 97.5 Å². The van der Waals surface area contributed by atoms with Crippen LogP contribution in [-0.2, 0) is 20.4 Å². The van der Waals surface area contributed by atoms with Crippen LogP contribution in [0.4, 0.5) is 0 Å². The van der Waals surface area contributed by atoms with Crippen molar-refractivity contribution in [2.45, 2.75) is 5.25 Å². The van der Waals surface area contributed by atoms with Gasteiger partial charge in [-0.3, -0.25) is 13.8 Å². The molecule has 0 saturated heterocycles. The Hall–Kier alpha value is -1.69. The molecule has 6 heteroatoms. The fraction of sp³-hybridized carbons (Fsp3) is 0.200. The highest BCUT2D eigenvalue weighted by molar-refractivity contribution is 7.86. The van der Waals surface area contributed by atoms with Gasteiger partial charge in [0.15, 0.2) is 5.25 Å². The first-order valence-corrected chi connectivity index (χ1v) is 5.84. The summed E-state index contributed by atoms with van der Waals surface area (Å²) in [6, 6.07) is 8.12. The van der Waals surface area contributed by atoms with Gasteiger partial charge in [-0.25, -0.2) is 0 Å². The van der Waals surface area contributed by atoms with Crippen LogP contribution in [0.2, 0.25) is 0 Å². The molecule has 0 spiro atoms. The molecule has 86 valence electrons. The maximum absolute atomic E-state index is 11.6. The van der Waals surface area contributed by atoms with Gasteiger partial charge in [-0.1, -0.05) is 30.3 Å². The Bertz CT molecular complexity index is 418. The predicted molar refractivity (Wildman–Crippen MR) is 59.0 cm³/mol. The van der Waals surface area contributed by atoms with Crippen LogP contribution in [0.15, 0.2) is 30.3 Å². The van der Waals surface area contributed by atoms with E-state index in [-0.39, 0.29) is 0 Å². The van der Waals surface area contributed by atoms with Gasteiger partial charge in [0, 0.05) is 10.8 Å². The van der Waals surface area contributed by atoms with E-state index in [1.54, 1.807) is 30.3 Å². The molecule has 0 fully saturated rings. The number of carboxylic acid groups (broad SMARTS) is 1. The van der Waals surface area contributed by atoms with E-state index in [4.69, 9.17) is 10.8 Å². The number of carbonyl (C=O) groups excluding carboxylic acids is 1. The molecule has 0 bridgehead atoms. The van der Waals surface area contributed by atoms with Gasteiger partial charge >= 0.3 is 5.97 Å². The minimum Gasteiger partial charge on any atom is -0.480 e. The molecule has 16 heavy (non-hydrogen) atoms. The first kappa shape index (κ1) is 12.4. The number of hydrogen-bond acceptors (Lipinski definition) is 3. The minimum absolute atomic E-state index is 0.398. The zero-order valence-corrected chi connectivity index (χ0v) is 9.15. The van der Waals surface area contributed by atoms with Crippen LogP contribution in [0.3, 0.4) is 0 Å². The van der Waals surface area contributed by atoms with Gasteiger partial charge in [0.1, 0.15) is 5.75 Å². The number of rotatable bonds is 5. The van der Waals surface area contributed by atoms with E-state index in [0.717, 1.165) is 0 Å². The summed E-state index contributed by atoms with van der Waals surface area (Å²) < 4.78 is 11.6. The fourth-order valence-corrected chi connectivity index (χ4v) is 2.39. The zero-order chi connectivity index (χ0) is 12.1. The Balaban J connectivity index is 2.97. The summed E-state index contributed by atoms with van der Waals surface area (Å²) in [5, 5.41) is 7.75. The van der Waals surface area contributed by atoms with Crippen molar-refractivity contribution < 1.29 is 18.9 Å². The smallest absolute Gasteiger partial charge is 0.323 e. The second kappa shape index (κ2) is 5.41. The molecule has 2 unspecified atom stereocenters. The predicted octanol–water partition coefficient (Wildman–Crippen LogP) is 0.0463. The number of carboxylic acids is 1. The van der Waals surface area contributed by atoms with E-state index in [1.165, 1.54) is 0 Å². The number of primary amides is 1. The molecule has 1 rings (SSSR count). The average molecular weight is 241 g/mol. The number of hydrogen-bond donors (Lipinski definition) is 2. The van der Waals surface area contributed by atoms with Crippen molar-refractivity contribution in [3.05, 3.63) is 35.9 Å². The van der Waals surface area contributed by atoms with E-state index in [0.29, 0.717) is 5.56 Å². The van der Waals surface area contributed by atoms with E-state index >= 15 is 0 Å². The van der Waals surface area contributed by atoms with Crippen LogP contribution in [0, 0.1) is 0 Å². The second-order valence-electron chi connectivity index (χ2n) is 3.12. The fourth-order valence-electron chi connectivity index (χ4n) is 1.26. The minimum atomic E-state index is -1.84. The SMILES string of the molecule is NC(=O)CS(=O)C(C(=O)O)c1ccccc1. The molecule has 2 atom stereocenters. The van der Waals surface area contributed by atoms with Crippen molar-refractivity contribution in [3.63, 3.8) is 0 Å². The molecule has 1 aromatic carbocycles. The molecule has 0 aliphatic carbocycles. The molecule has 0 radical (unpaired) electrons. The van der Waals surface area contributed by atoms with Gasteiger partial charge in [0.2, 0.25) is 5.91 Å². The van der Waals surface area contributed by atoms with Crippen molar-refractivity contribution in [2.75, 3.05) is 5.75 Å². The van der Waals surface area contributed by atoms with Gasteiger partial charge < -0.3 is 10.8 Å². The van der Waals surface area contributed by atoms with E-state index in [2.05, 4.69) is 0 Å². The second-order valence-corrected chi connectivity index (χ2v) is 4.64. The molecule has 3 N–H and O–H groups in total. The van der Waals surface area contributed by atoms with E-state index < -0.39 is 33.7 Å². The highest BCUT2D eigenvalue weighted by atomic mass is 32.2. The quantitative estimate of drug-likeness (QED) is 0.760.